The highest BCUT2D eigenvalue weighted by Crippen LogP contribution is 2.19. The molecule has 32 heavy (non-hydrogen) atoms. The molecule has 4 rings (SSSR count). The molecular weight excluding hydrogens is 400 g/mol. The number of aliphatic imine (C=N–C) groups is 1. The van der Waals surface area contributed by atoms with Gasteiger partial charge >= 0.3 is 0 Å². The first-order valence-corrected chi connectivity index (χ1v) is 11.4. The van der Waals surface area contributed by atoms with Crippen LogP contribution in [0.4, 0.5) is 5.82 Å². The van der Waals surface area contributed by atoms with Crippen molar-refractivity contribution in [1.82, 2.24) is 30.1 Å². The van der Waals surface area contributed by atoms with E-state index in [1.165, 1.54) is 11.1 Å². The summed E-state index contributed by atoms with van der Waals surface area (Å²) in [6, 6.07) is 12.5. The number of aromatic nitrogens is 3. The van der Waals surface area contributed by atoms with Gasteiger partial charge in [-0.05, 0) is 38.6 Å². The number of hydrogen-bond donors (Lipinski definition) is 2. The third-order valence-corrected chi connectivity index (χ3v) is 6.04. The third-order valence-electron chi connectivity index (χ3n) is 6.04. The minimum absolute atomic E-state index is 0.695. The maximum atomic E-state index is 4.67. The van der Waals surface area contributed by atoms with Crippen molar-refractivity contribution in [2.45, 2.75) is 26.4 Å². The van der Waals surface area contributed by atoms with Crippen LogP contribution >= 0.6 is 0 Å². The second kappa shape index (κ2) is 10.5. The number of fused-ring (bicyclic) bond motifs is 1. The standard InChI is InChI=1S/C24H34N8/c1-19-29-21-9-4-5-10-22(21)32(19)13-7-12-27-24(25-2)28-18-20-8-6-11-26-23(20)31-16-14-30(3)15-17-31/h4-6,8-11H,7,12-18H2,1-3H3,(H2,25,27,28). The topological polar surface area (TPSA) is 73.6 Å². The minimum Gasteiger partial charge on any atom is -0.356 e. The van der Waals surface area contributed by atoms with E-state index in [2.05, 4.69) is 78.2 Å². The molecule has 0 saturated carbocycles. The van der Waals surface area contributed by atoms with Crippen LogP contribution in [0, 0.1) is 6.92 Å². The third kappa shape index (κ3) is 5.19. The van der Waals surface area contributed by atoms with Crippen molar-refractivity contribution >= 4 is 22.8 Å². The van der Waals surface area contributed by atoms with Gasteiger partial charge in [-0.3, -0.25) is 4.99 Å². The summed E-state index contributed by atoms with van der Waals surface area (Å²) in [7, 11) is 3.98. The molecule has 1 fully saturated rings. The van der Waals surface area contributed by atoms with E-state index in [1.54, 1.807) is 0 Å². The Morgan fingerprint density at radius 2 is 1.88 bits per heavy atom. The molecule has 3 aromatic rings. The van der Waals surface area contributed by atoms with Gasteiger partial charge in [0.05, 0.1) is 11.0 Å². The summed E-state index contributed by atoms with van der Waals surface area (Å²) < 4.78 is 2.28. The Morgan fingerprint density at radius 1 is 1.06 bits per heavy atom. The molecule has 0 bridgehead atoms. The van der Waals surface area contributed by atoms with Crippen LogP contribution in [0.1, 0.15) is 17.8 Å². The highest BCUT2D eigenvalue weighted by Gasteiger charge is 2.18. The second-order valence-corrected chi connectivity index (χ2v) is 8.28. The number of nitrogens with zero attached hydrogens (tertiary/aromatic N) is 6. The SMILES string of the molecule is CN=C(NCCCn1c(C)nc2ccccc21)NCc1cccnc1N1CCN(C)CC1. The van der Waals surface area contributed by atoms with E-state index in [1.807, 2.05) is 25.4 Å². The van der Waals surface area contributed by atoms with E-state index in [0.29, 0.717) is 6.54 Å². The van der Waals surface area contributed by atoms with Gasteiger partial charge in [-0.2, -0.15) is 0 Å². The zero-order chi connectivity index (χ0) is 22.3. The van der Waals surface area contributed by atoms with Crippen LogP contribution in [0.5, 0.6) is 0 Å². The van der Waals surface area contributed by atoms with Gasteiger partial charge in [0.25, 0.3) is 0 Å². The van der Waals surface area contributed by atoms with E-state index in [0.717, 1.165) is 68.8 Å². The number of piperazine rings is 1. The van der Waals surface area contributed by atoms with Crippen LogP contribution in [0.25, 0.3) is 11.0 Å². The maximum Gasteiger partial charge on any atom is 0.191 e. The predicted octanol–water partition coefficient (Wildman–Crippen LogP) is 2.25. The molecule has 1 aromatic carbocycles. The van der Waals surface area contributed by atoms with Crippen molar-refractivity contribution < 1.29 is 0 Å². The van der Waals surface area contributed by atoms with Crippen molar-refractivity contribution in [3.63, 3.8) is 0 Å². The van der Waals surface area contributed by atoms with Crippen LogP contribution < -0.4 is 15.5 Å². The Bertz CT molecular complexity index is 1050. The number of guanidine groups is 1. The molecule has 1 aliphatic rings. The Kier molecular flexibility index (Phi) is 7.21. The number of rotatable bonds is 7. The fourth-order valence-electron chi connectivity index (χ4n) is 4.19. The first-order chi connectivity index (χ1) is 15.7. The van der Waals surface area contributed by atoms with Crippen LogP contribution in [0.15, 0.2) is 47.6 Å². The first-order valence-electron chi connectivity index (χ1n) is 11.4. The number of benzene rings is 1. The monoisotopic (exact) mass is 434 g/mol. The van der Waals surface area contributed by atoms with Crippen molar-refractivity contribution in [2.75, 3.05) is 51.7 Å². The highest BCUT2D eigenvalue weighted by atomic mass is 15.3. The Balaban J connectivity index is 1.28. The number of hydrogen-bond acceptors (Lipinski definition) is 5. The molecule has 1 saturated heterocycles. The van der Waals surface area contributed by atoms with Gasteiger partial charge in [0.15, 0.2) is 5.96 Å². The Hall–Kier alpha value is -3.13. The Morgan fingerprint density at radius 3 is 2.69 bits per heavy atom. The summed E-state index contributed by atoms with van der Waals surface area (Å²) in [5, 5.41) is 6.89. The first kappa shape index (κ1) is 22.1. The normalized spacial score (nSPS) is 15.3. The van der Waals surface area contributed by atoms with Gasteiger partial charge < -0.3 is 25.0 Å². The lowest BCUT2D eigenvalue weighted by molar-refractivity contribution is 0.312. The van der Waals surface area contributed by atoms with Crippen LogP contribution in [-0.4, -0.2) is 72.2 Å². The van der Waals surface area contributed by atoms with Crippen molar-refractivity contribution in [2.24, 2.45) is 4.99 Å². The molecule has 1 aliphatic heterocycles. The summed E-state index contributed by atoms with van der Waals surface area (Å²) in [6.07, 6.45) is 2.87. The second-order valence-electron chi connectivity index (χ2n) is 8.28. The van der Waals surface area contributed by atoms with E-state index in [9.17, 15) is 0 Å². The van der Waals surface area contributed by atoms with E-state index in [-0.39, 0.29) is 0 Å². The summed E-state index contributed by atoms with van der Waals surface area (Å²) in [6.45, 7) is 8.68. The Labute approximate surface area is 190 Å². The molecule has 2 aromatic heterocycles. The van der Waals surface area contributed by atoms with Gasteiger partial charge in [0.2, 0.25) is 0 Å². The molecule has 170 valence electrons. The van der Waals surface area contributed by atoms with Crippen molar-refractivity contribution in [1.29, 1.82) is 0 Å². The smallest absolute Gasteiger partial charge is 0.191 e. The van der Waals surface area contributed by atoms with E-state index in [4.69, 9.17) is 0 Å². The number of pyridine rings is 1. The molecule has 0 aliphatic carbocycles. The molecule has 0 amide bonds. The number of likely N-dealkylation sites (N-methyl/N-ethyl adjacent to an activating group) is 1. The lowest BCUT2D eigenvalue weighted by atomic mass is 10.2. The number of imidazole rings is 1. The van der Waals surface area contributed by atoms with Crippen molar-refractivity contribution in [3.8, 4) is 0 Å². The fourth-order valence-corrected chi connectivity index (χ4v) is 4.19. The lowest BCUT2D eigenvalue weighted by Gasteiger charge is -2.34. The van der Waals surface area contributed by atoms with Crippen LogP contribution in [0.2, 0.25) is 0 Å². The molecule has 0 spiro atoms. The van der Waals surface area contributed by atoms with Crippen LogP contribution in [-0.2, 0) is 13.1 Å². The summed E-state index contributed by atoms with van der Waals surface area (Å²) in [5.74, 6) is 2.94. The number of para-hydroxylation sites is 2. The summed E-state index contributed by atoms with van der Waals surface area (Å²) in [5.41, 5.74) is 3.45. The molecule has 0 radical (unpaired) electrons. The van der Waals surface area contributed by atoms with E-state index >= 15 is 0 Å². The molecule has 2 N–H and O–H groups in total. The van der Waals surface area contributed by atoms with Gasteiger partial charge in [0, 0.05) is 64.6 Å². The molecule has 8 nitrogen and oxygen atoms in total. The van der Waals surface area contributed by atoms with Crippen LogP contribution in [0.3, 0.4) is 0 Å². The summed E-state index contributed by atoms with van der Waals surface area (Å²) in [4.78, 5) is 18.4. The predicted molar refractivity (Wildman–Crippen MR) is 131 cm³/mol. The van der Waals surface area contributed by atoms with Gasteiger partial charge in [-0.15, -0.1) is 0 Å². The molecule has 0 atom stereocenters. The zero-order valence-corrected chi connectivity index (χ0v) is 19.4. The average Bonchev–Trinajstić information content (AvgIpc) is 3.14. The molecule has 3 heterocycles. The maximum absolute atomic E-state index is 4.67. The molecular formula is C24H34N8. The van der Waals surface area contributed by atoms with Gasteiger partial charge in [-0.1, -0.05) is 18.2 Å². The van der Waals surface area contributed by atoms with Crippen molar-refractivity contribution in [3.05, 3.63) is 54.0 Å². The average molecular weight is 435 g/mol. The molecule has 8 heteroatoms. The number of anilines is 1. The van der Waals surface area contributed by atoms with Gasteiger partial charge in [-0.25, -0.2) is 9.97 Å². The number of aryl methyl sites for hydroxylation is 2. The lowest BCUT2D eigenvalue weighted by Crippen LogP contribution is -2.45. The largest absolute Gasteiger partial charge is 0.356 e. The summed E-state index contributed by atoms with van der Waals surface area (Å²) >= 11 is 0. The fraction of sp³-hybridized carbons (Fsp3) is 0.458. The molecule has 0 unspecified atom stereocenters. The quantitative estimate of drug-likeness (QED) is 0.338. The zero-order valence-electron chi connectivity index (χ0n) is 19.4. The van der Waals surface area contributed by atoms with Gasteiger partial charge in [0.1, 0.15) is 11.6 Å². The van der Waals surface area contributed by atoms with E-state index < -0.39 is 0 Å². The number of nitrogens with one attached hydrogen (secondary N) is 2. The highest BCUT2D eigenvalue weighted by molar-refractivity contribution is 5.79. The minimum atomic E-state index is 0.695.